The van der Waals surface area contributed by atoms with Gasteiger partial charge in [-0.1, -0.05) is 29.8 Å². The van der Waals surface area contributed by atoms with Crippen LogP contribution < -0.4 is 10.6 Å². The number of halogens is 1. The standard InChI is InChI=1S/C14H21N3O2.HI/c1-11-5-4-6-12(9-11)10-17-14(15-2)16-8-7-13(18)19-3;/h4-6,9H,7-8,10H2,1-3H3,(H2,15,16,17);1H. The van der Waals surface area contributed by atoms with E-state index in [0.29, 0.717) is 25.5 Å². The smallest absolute Gasteiger partial charge is 0.307 e. The van der Waals surface area contributed by atoms with Gasteiger partial charge in [0.1, 0.15) is 0 Å². The van der Waals surface area contributed by atoms with E-state index >= 15 is 0 Å². The summed E-state index contributed by atoms with van der Waals surface area (Å²) < 4.78 is 4.57. The van der Waals surface area contributed by atoms with E-state index in [0.717, 1.165) is 0 Å². The number of hydrogen-bond donors (Lipinski definition) is 2. The van der Waals surface area contributed by atoms with Crippen molar-refractivity contribution in [3.05, 3.63) is 35.4 Å². The Labute approximate surface area is 137 Å². The van der Waals surface area contributed by atoms with Gasteiger partial charge < -0.3 is 15.4 Å². The highest BCUT2D eigenvalue weighted by Crippen LogP contribution is 2.02. The highest BCUT2D eigenvalue weighted by atomic mass is 127. The van der Waals surface area contributed by atoms with Crippen LogP contribution in [-0.2, 0) is 16.1 Å². The Morgan fingerprint density at radius 1 is 1.35 bits per heavy atom. The SMILES string of the molecule is CN=C(NCCC(=O)OC)NCc1cccc(C)c1.I. The molecule has 0 bridgehead atoms. The third-order valence-electron chi connectivity index (χ3n) is 2.62. The third-order valence-corrected chi connectivity index (χ3v) is 2.62. The molecule has 2 N–H and O–H groups in total. The maximum atomic E-state index is 11.0. The van der Waals surface area contributed by atoms with Crippen molar-refractivity contribution < 1.29 is 9.53 Å². The molecule has 112 valence electrons. The van der Waals surface area contributed by atoms with Crippen LogP contribution >= 0.6 is 24.0 Å². The van der Waals surface area contributed by atoms with Crippen LogP contribution in [0.4, 0.5) is 0 Å². The molecule has 0 unspecified atom stereocenters. The lowest BCUT2D eigenvalue weighted by molar-refractivity contribution is -0.140. The molecule has 0 spiro atoms. The van der Waals surface area contributed by atoms with Gasteiger partial charge in [-0.05, 0) is 12.5 Å². The van der Waals surface area contributed by atoms with Crippen LogP contribution in [0, 0.1) is 6.92 Å². The number of rotatable bonds is 5. The largest absolute Gasteiger partial charge is 0.469 e. The molecule has 1 aromatic carbocycles. The lowest BCUT2D eigenvalue weighted by Crippen LogP contribution is -2.37. The van der Waals surface area contributed by atoms with Crippen LogP contribution in [0.25, 0.3) is 0 Å². The van der Waals surface area contributed by atoms with Gasteiger partial charge in [0.2, 0.25) is 0 Å². The Kier molecular flexibility index (Phi) is 9.79. The molecular weight excluding hydrogens is 369 g/mol. The fourth-order valence-electron chi connectivity index (χ4n) is 1.61. The summed E-state index contributed by atoms with van der Waals surface area (Å²) in [6, 6.07) is 8.27. The Balaban J connectivity index is 0.00000361. The van der Waals surface area contributed by atoms with Crippen molar-refractivity contribution in [2.75, 3.05) is 20.7 Å². The molecule has 5 nitrogen and oxygen atoms in total. The predicted molar refractivity (Wildman–Crippen MR) is 91.4 cm³/mol. The monoisotopic (exact) mass is 391 g/mol. The summed E-state index contributed by atoms with van der Waals surface area (Å²) in [6.07, 6.45) is 0.321. The first-order chi connectivity index (χ1) is 9.15. The summed E-state index contributed by atoms with van der Waals surface area (Å²) in [7, 11) is 3.08. The first-order valence-electron chi connectivity index (χ1n) is 6.22. The molecule has 0 aliphatic carbocycles. The van der Waals surface area contributed by atoms with E-state index in [4.69, 9.17) is 0 Å². The fourth-order valence-corrected chi connectivity index (χ4v) is 1.61. The van der Waals surface area contributed by atoms with Crippen molar-refractivity contribution >= 4 is 35.9 Å². The van der Waals surface area contributed by atoms with Gasteiger partial charge in [0.25, 0.3) is 0 Å². The van der Waals surface area contributed by atoms with Gasteiger partial charge in [-0.25, -0.2) is 0 Å². The van der Waals surface area contributed by atoms with Gasteiger partial charge in [-0.15, -0.1) is 24.0 Å². The summed E-state index contributed by atoms with van der Waals surface area (Å²) in [5, 5.41) is 6.25. The second-order valence-electron chi connectivity index (χ2n) is 4.17. The maximum absolute atomic E-state index is 11.0. The van der Waals surface area contributed by atoms with Gasteiger partial charge in [0.15, 0.2) is 5.96 Å². The number of ether oxygens (including phenoxy) is 1. The molecule has 0 atom stereocenters. The number of nitrogens with one attached hydrogen (secondary N) is 2. The number of carbonyl (C=O) groups is 1. The van der Waals surface area contributed by atoms with Crippen LogP contribution in [0.3, 0.4) is 0 Å². The highest BCUT2D eigenvalue weighted by Gasteiger charge is 2.02. The summed E-state index contributed by atoms with van der Waals surface area (Å²) in [5.41, 5.74) is 2.42. The summed E-state index contributed by atoms with van der Waals surface area (Å²) in [4.78, 5) is 15.1. The number of methoxy groups -OCH3 is 1. The second-order valence-corrected chi connectivity index (χ2v) is 4.17. The molecule has 1 rings (SSSR count). The average Bonchev–Trinajstić information content (AvgIpc) is 2.42. The van der Waals surface area contributed by atoms with Crippen molar-refractivity contribution in [2.24, 2.45) is 4.99 Å². The van der Waals surface area contributed by atoms with Crippen molar-refractivity contribution in [3.63, 3.8) is 0 Å². The number of nitrogens with zero attached hydrogens (tertiary/aromatic N) is 1. The summed E-state index contributed by atoms with van der Waals surface area (Å²) in [5.74, 6) is 0.437. The number of aliphatic imine (C=N–C) groups is 1. The van der Waals surface area contributed by atoms with E-state index in [1.165, 1.54) is 18.2 Å². The van der Waals surface area contributed by atoms with Gasteiger partial charge in [0.05, 0.1) is 13.5 Å². The van der Waals surface area contributed by atoms with Crippen molar-refractivity contribution in [2.45, 2.75) is 19.9 Å². The molecular formula is C14H22IN3O2. The fraction of sp³-hybridized carbons (Fsp3) is 0.429. The van der Waals surface area contributed by atoms with Crippen LogP contribution in [0.1, 0.15) is 17.5 Å². The normalized spacial score (nSPS) is 10.4. The second kappa shape index (κ2) is 10.5. The van der Waals surface area contributed by atoms with E-state index in [1.807, 2.05) is 6.07 Å². The van der Waals surface area contributed by atoms with Crippen molar-refractivity contribution in [1.82, 2.24) is 10.6 Å². The zero-order chi connectivity index (χ0) is 14.1. The van der Waals surface area contributed by atoms with Crippen molar-refractivity contribution in [3.8, 4) is 0 Å². The highest BCUT2D eigenvalue weighted by molar-refractivity contribution is 14.0. The first-order valence-corrected chi connectivity index (χ1v) is 6.22. The Bertz CT molecular complexity index is 450. The van der Waals surface area contributed by atoms with Crippen LogP contribution in [0.5, 0.6) is 0 Å². The number of benzene rings is 1. The minimum Gasteiger partial charge on any atom is -0.469 e. The van der Waals surface area contributed by atoms with Gasteiger partial charge >= 0.3 is 5.97 Å². The van der Waals surface area contributed by atoms with E-state index in [2.05, 4.69) is 45.5 Å². The van der Waals surface area contributed by atoms with E-state index in [-0.39, 0.29) is 29.9 Å². The Morgan fingerprint density at radius 2 is 2.10 bits per heavy atom. The summed E-state index contributed by atoms with van der Waals surface area (Å²) in [6.45, 7) is 3.26. The molecule has 0 saturated heterocycles. The number of hydrogen-bond acceptors (Lipinski definition) is 3. The summed E-state index contributed by atoms with van der Waals surface area (Å²) >= 11 is 0. The van der Waals surface area contributed by atoms with Crippen LogP contribution in [0.15, 0.2) is 29.3 Å². The van der Waals surface area contributed by atoms with Gasteiger partial charge in [-0.3, -0.25) is 9.79 Å². The molecule has 0 aliphatic rings. The minimum atomic E-state index is -0.235. The molecule has 20 heavy (non-hydrogen) atoms. The number of guanidine groups is 1. The minimum absolute atomic E-state index is 0. The molecule has 0 fully saturated rings. The topological polar surface area (TPSA) is 62.7 Å². The van der Waals surface area contributed by atoms with Gasteiger partial charge in [-0.2, -0.15) is 0 Å². The third kappa shape index (κ3) is 7.32. The van der Waals surface area contributed by atoms with Crippen LogP contribution in [0.2, 0.25) is 0 Å². The van der Waals surface area contributed by atoms with Crippen LogP contribution in [-0.4, -0.2) is 32.6 Å². The molecule has 0 aliphatic heterocycles. The lowest BCUT2D eigenvalue weighted by Gasteiger charge is -2.11. The molecule has 0 radical (unpaired) electrons. The molecule has 0 heterocycles. The number of esters is 1. The van der Waals surface area contributed by atoms with E-state index in [9.17, 15) is 4.79 Å². The van der Waals surface area contributed by atoms with E-state index < -0.39 is 0 Å². The molecule has 0 saturated carbocycles. The zero-order valence-corrected chi connectivity index (χ0v) is 14.4. The molecule has 0 amide bonds. The first kappa shape index (κ1) is 18.7. The quantitative estimate of drug-likeness (QED) is 0.348. The Hall–Kier alpha value is -1.31. The number of aryl methyl sites for hydroxylation is 1. The lowest BCUT2D eigenvalue weighted by atomic mass is 10.1. The maximum Gasteiger partial charge on any atom is 0.307 e. The average molecular weight is 391 g/mol. The zero-order valence-electron chi connectivity index (χ0n) is 12.1. The molecule has 0 aromatic heterocycles. The Morgan fingerprint density at radius 3 is 2.70 bits per heavy atom. The van der Waals surface area contributed by atoms with E-state index in [1.54, 1.807) is 7.05 Å². The molecule has 6 heteroatoms. The molecule has 1 aromatic rings. The number of carbonyl (C=O) groups excluding carboxylic acids is 1. The predicted octanol–water partition coefficient (Wildman–Crippen LogP) is 1.84. The van der Waals surface area contributed by atoms with Gasteiger partial charge in [0, 0.05) is 20.1 Å². The van der Waals surface area contributed by atoms with Crippen molar-refractivity contribution in [1.29, 1.82) is 0 Å².